The molecule has 7 aliphatic rings. The Morgan fingerprint density at radius 3 is 2.35 bits per heavy atom. The summed E-state index contributed by atoms with van der Waals surface area (Å²) in [4.78, 5) is 36.8. The molecule has 16 atom stereocenters. The average molecular weight is 761 g/mol. The maximum Gasteiger partial charge on any atom is 0.240 e. The molecule has 7 fully saturated rings. The number of carbonyl (C=O) groups is 2. The van der Waals surface area contributed by atoms with Gasteiger partial charge in [-0.25, -0.2) is 0 Å². The first-order chi connectivity index (χ1) is 25.8. The van der Waals surface area contributed by atoms with E-state index in [1.54, 1.807) is 12.0 Å². The predicted octanol–water partition coefficient (Wildman–Crippen LogP) is 4.64. The van der Waals surface area contributed by atoms with Gasteiger partial charge < -0.3 is 35.2 Å². The lowest BCUT2D eigenvalue weighted by Gasteiger charge is -2.62. The Labute approximate surface area is 326 Å². The number of hydrogen-bond acceptors (Lipinski definition) is 9. The summed E-state index contributed by atoms with van der Waals surface area (Å²) in [5.41, 5.74) is 0.317. The molecule has 9 unspecified atom stereocenters. The number of aliphatic hydroxyl groups excluding tert-OH is 2. The second-order valence-corrected chi connectivity index (χ2v) is 19.5. The lowest BCUT2D eigenvalue weighted by molar-refractivity contribution is -0.193. The van der Waals surface area contributed by atoms with E-state index in [1.807, 2.05) is 14.2 Å². The molecule has 0 radical (unpaired) electrons. The van der Waals surface area contributed by atoms with E-state index < -0.39 is 24.2 Å². The number of rotatable bonds is 14. The van der Waals surface area contributed by atoms with E-state index in [1.165, 1.54) is 25.7 Å². The molecule has 7 rings (SSSR count). The second kappa shape index (κ2) is 18.1. The molecule has 310 valence electrons. The number of carbonyl (C=O) groups excluding carboxylic acids is 2. The summed E-state index contributed by atoms with van der Waals surface area (Å²) in [5.74, 6) is 2.33. The molecule has 11 heteroatoms. The van der Waals surface area contributed by atoms with Crippen LogP contribution in [0, 0.1) is 58.7 Å². The molecule has 1 aliphatic heterocycles. The first-order valence-electron chi connectivity index (χ1n) is 21.8. The molecule has 6 saturated carbocycles. The standard InChI is InChI=1S/C43H76N4O7/c1-25-34-21-31(43(34,3)4)22-35(25)45-42(51)39-38(26(2)49)37(24-48)54-47(39)23-28-13-11-14-33(40(28)53-8)29-18-30(20-32(19-29)46(5)6)41(50)44-17-16-27-12-9-10-15-36(27)52-7/h25-40,48-49H,9-24H2,1-8H3,(H,44,50)(H,45,51)/t25-,26-,27?,28?,29?,30?,31+,32?,33?,34-,35?,36?,37-,38+,39-,40?/m0/s1. The smallest absolute Gasteiger partial charge is 0.240 e. The van der Waals surface area contributed by atoms with Crippen molar-refractivity contribution >= 4 is 11.8 Å². The Morgan fingerprint density at radius 1 is 0.963 bits per heavy atom. The number of fused-ring (bicyclic) bond motifs is 2. The van der Waals surface area contributed by atoms with Gasteiger partial charge in [0, 0.05) is 57.1 Å². The highest BCUT2D eigenvalue weighted by Gasteiger charge is 2.58. The third-order valence-corrected chi connectivity index (χ3v) is 16.1. The minimum Gasteiger partial charge on any atom is -0.394 e. The van der Waals surface area contributed by atoms with E-state index in [4.69, 9.17) is 14.3 Å². The zero-order valence-electron chi connectivity index (χ0n) is 34.9. The Kier molecular flexibility index (Phi) is 14.1. The lowest BCUT2D eigenvalue weighted by Crippen LogP contribution is -2.62. The molecule has 11 nitrogen and oxygen atoms in total. The van der Waals surface area contributed by atoms with Crippen LogP contribution in [0.5, 0.6) is 0 Å². The van der Waals surface area contributed by atoms with Gasteiger partial charge in [-0.3, -0.25) is 14.4 Å². The Morgan fingerprint density at radius 2 is 1.70 bits per heavy atom. The molecule has 1 heterocycles. The minimum atomic E-state index is -0.825. The van der Waals surface area contributed by atoms with Crippen molar-refractivity contribution in [3.63, 3.8) is 0 Å². The van der Waals surface area contributed by atoms with Crippen molar-refractivity contribution in [3.8, 4) is 0 Å². The SMILES string of the molecule is COC1CCCCC1CCNC(=O)C1CC(C2CCCC(CN3O[C@@H](CO)[C@@H]([C@H](C)O)[C@H]3C(=O)NC3C[C@H]4C[C@@H]([C@@H]3C)C4(C)C)C2OC)CC(N(C)C)C1. The summed E-state index contributed by atoms with van der Waals surface area (Å²) in [6.45, 7) is 9.64. The molecule has 0 spiro atoms. The molecular formula is C43H76N4O7. The number of hydrogen-bond donors (Lipinski definition) is 4. The lowest BCUT2D eigenvalue weighted by atomic mass is 9.45. The summed E-state index contributed by atoms with van der Waals surface area (Å²) in [6.07, 6.45) is 12.5. The number of aliphatic hydroxyl groups is 2. The van der Waals surface area contributed by atoms with Crippen LogP contribution in [0.15, 0.2) is 0 Å². The number of hydroxylamine groups is 2. The first kappa shape index (κ1) is 42.3. The van der Waals surface area contributed by atoms with Crippen LogP contribution >= 0.6 is 0 Å². The zero-order valence-corrected chi connectivity index (χ0v) is 34.9. The number of nitrogens with one attached hydrogen (secondary N) is 2. The van der Waals surface area contributed by atoms with Crippen molar-refractivity contribution in [2.75, 3.05) is 48.0 Å². The van der Waals surface area contributed by atoms with Crippen LogP contribution < -0.4 is 10.6 Å². The number of nitrogens with zero attached hydrogens (tertiary/aromatic N) is 2. The first-order valence-corrected chi connectivity index (χ1v) is 21.8. The summed E-state index contributed by atoms with van der Waals surface area (Å²) in [6, 6.07) is -0.285. The number of amides is 2. The van der Waals surface area contributed by atoms with Crippen LogP contribution in [0.25, 0.3) is 0 Å². The predicted molar refractivity (Wildman–Crippen MR) is 209 cm³/mol. The molecule has 2 bridgehead atoms. The molecule has 0 aromatic heterocycles. The van der Waals surface area contributed by atoms with E-state index in [0.29, 0.717) is 60.2 Å². The monoisotopic (exact) mass is 761 g/mol. The van der Waals surface area contributed by atoms with Crippen molar-refractivity contribution < 1.29 is 34.1 Å². The van der Waals surface area contributed by atoms with Gasteiger partial charge in [-0.15, -0.1) is 0 Å². The van der Waals surface area contributed by atoms with Crippen molar-refractivity contribution in [2.24, 2.45) is 58.7 Å². The highest BCUT2D eigenvalue weighted by atomic mass is 16.7. The van der Waals surface area contributed by atoms with Gasteiger partial charge in [0.05, 0.1) is 24.9 Å². The van der Waals surface area contributed by atoms with E-state index in [9.17, 15) is 19.8 Å². The fraction of sp³-hybridized carbons (Fsp3) is 0.953. The molecule has 2 amide bonds. The Balaban J connectivity index is 1.13. The average Bonchev–Trinajstić information content (AvgIpc) is 3.53. The normalized spacial score (nSPS) is 43.0. The van der Waals surface area contributed by atoms with Gasteiger partial charge in [0.15, 0.2) is 0 Å². The van der Waals surface area contributed by atoms with Crippen molar-refractivity contribution in [1.29, 1.82) is 0 Å². The number of methoxy groups -OCH3 is 2. The van der Waals surface area contributed by atoms with Crippen LogP contribution in [-0.2, 0) is 23.9 Å². The van der Waals surface area contributed by atoms with Gasteiger partial charge in [-0.05, 0) is 126 Å². The molecule has 0 aromatic carbocycles. The van der Waals surface area contributed by atoms with Crippen molar-refractivity contribution in [2.45, 2.75) is 154 Å². The van der Waals surface area contributed by atoms with E-state index in [0.717, 1.165) is 57.8 Å². The van der Waals surface area contributed by atoms with Gasteiger partial charge >= 0.3 is 0 Å². The van der Waals surface area contributed by atoms with Crippen LogP contribution in [0.3, 0.4) is 0 Å². The third-order valence-electron chi connectivity index (χ3n) is 16.1. The van der Waals surface area contributed by atoms with Crippen LogP contribution in [0.4, 0.5) is 0 Å². The Hall–Kier alpha value is -1.34. The quantitative estimate of drug-likeness (QED) is 0.200. The maximum atomic E-state index is 14.3. The molecule has 6 aliphatic carbocycles. The van der Waals surface area contributed by atoms with Gasteiger partial charge in [-0.1, -0.05) is 40.0 Å². The van der Waals surface area contributed by atoms with Crippen molar-refractivity contribution in [3.05, 3.63) is 0 Å². The van der Waals surface area contributed by atoms with Crippen LogP contribution in [0.2, 0.25) is 0 Å². The fourth-order valence-electron chi connectivity index (χ4n) is 12.8. The van der Waals surface area contributed by atoms with Crippen molar-refractivity contribution in [1.82, 2.24) is 20.6 Å². The van der Waals surface area contributed by atoms with Crippen LogP contribution in [-0.4, -0.2) is 123 Å². The van der Waals surface area contributed by atoms with Gasteiger partial charge in [0.2, 0.25) is 11.8 Å². The molecule has 1 saturated heterocycles. The molecular weight excluding hydrogens is 684 g/mol. The molecule has 0 aromatic rings. The van der Waals surface area contributed by atoms with Gasteiger partial charge in [0.25, 0.3) is 0 Å². The van der Waals surface area contributed by atoms with Gasteiger partial charge in [0.1, 0.15) is 12.1 Å². The topological polar surface area (TPSA) is 133 Å². The zero-order chi connectivity index (χ0) is 38.9. The largest absolute Gasteiger partial charge is 0.394 e. The van der Waals surface area contributed by atoms with E-state index >= 15 is 0 Å². The fourth-order valence-corrected chi connectivity index (χ4v) is 12.8. The van der Waals surface area contributed by atoms with E-state index in [-0.39, 0.29) is 48.3 Å². The summed E-state index contributed by atoms with van der Waals surface area (Å²) < 4.78 is 12.2. The number of ether oxygens (including phenoxy) is 2. The Bertz CT molecular complexity index is 1250. The summed E-state index contributed by atoms with van der Waals surface area (Å²) >= 11 is 0. The van der Waals surface area contributed by atoms with Crippen LogP contribution in [0.1, 0.15) is 111 Å². The second-order valence-electron chi connectivity index (χ2n) is 19.5. The molecule has 4 N–H and O–H groups in total. The summed E-state index contributed by atoms with van der Waals surface area (Å²) in [7, 11) is 7.90. The van der Waals surface area contributed by atoms with Gasteiger partial charge in [-0.2, -0.15) is 5.06 Å². The third kappa shape index (κ3) is 8.73. The minimum absolute atomic E-state index is 0.0375. The maximum absolute atomic E-state index is 14.3. The highest BCUT2D eigenvalue weighted by Crippen LogP contribution is 2.61. The molecule has 54 heavy (non-hydrogen) atoms. The highest BCUT2D eigenvalue weighted by molar-refractivity contribution is 5.83. The summed E-state index contributed by atoms with van der Waals surface area (Å²) in [5, 5.41) is 30.0. The van der Waals surface area contributed by atoms with E-state index in [2.05, 4.69) is 50.4 Å².